The monoisotopic (exact) mass is 561 g/mol. The number of carbonyl (C=O) groups is 1. The van der Waals surface area contributed by atoms with Gasteiger partial charge in [0.25, 0.3) is 0 Å². The van der Waals surface area contributed by atoms with E-state index in [0.717, 1.165) is 37.5 Å². The molecule has 1 aromatic carbocycles. The Labute approximate surface area is 204 Å². The molecule has 0 radical (unpaired) electrons. The standard InChI is InChI=1S/C21H28ClN5O3.HI/c1-3-23-21(27-13-5-6-16(14-27)20(28)29-4-2)24-12-11-18-25-19(26-30-18)15-7-9-17(22)10-8-15;/h7-10,16H,3-6,11-14H2,1-2H3,(H,23,24);1H. The number of rotatable bonds is 7. The smallest absolute Gasteiger partial charge is 0.310 e. The van der Waals surface area contributed by atoms with Gasteiger partial charge in [-0.1, -0.05) is 16.8 Å². The molecule has 1 aromatic heterocycles. The Morgan fingerprint density at radius 2 is 2.13 bits per heavy atom. The Morgan fingerprint density at radius 1 is 1.35 bits per heavy atom. The van der Waals surface area contributed by atoms with Crippen LogP contribution in [0.2, 0.25) is 5.02 Å². The molecule has 0 amide bonds. The molecule has 2 heterocycles. The van der Waals surface area contributed by atoms with Gasteiger partial charge in [-0.2, -0.15) is 4.98 Å². The third-order valence-corrected chi connectivity index (χ3v) is 5.09. The van der Waals surface area contributed by atoms with Crippen LogP contribution in [0, 0.1) is 5.92 Å². The van der Waals surface area contributed by atoms with Crippen molar-refractivity contribution in [2.45, 2.75) is 33.1 Å². The van der Waals surface area contributed by atoms with Crippen molar-refractivity contribution < 1.29 is 14.1 Å². The molecule has 0 spiro atoms. The average Bonchev–Trinajstić information content (AvgIpc) is 3.23. The number of ether oxygens (including phenoxy) is 1. The summed E-state index contributed by atoms with van der Waals surface area (Å²) in [4.78, 5) is 23.4. The average molecular weight is 562 g/mol. The zero-order valence-electron chi connectivity index (χ0n) is 17.8. The Balaban J connectivity index is 0.00000341. The number of likely N-dealkylation sites (tertiary alicyclic amines) is 1. The first-order valence-electron chi connectivity index (χ1n) is 10.4. The van der Waals surface area contributed by atoms with E-state index in [9.17, 15) is 4.79 Å². The van der Waals surface area contributed by atoms with Gasteiger partial charge in [-0.25, -0.2) is 0 Å². The maximum absolute atomic E-state index is 12.1. The van der Waals surface area contributed by atoms with Crippen molar-refractivity contribution in [1.29, 1.82) is 0 Å². The molecular formula is C21H29ClIN5O3. The summed E-state index contributed by atoms with van der Waals surface area (Å²) in [5.74, 6) is 1.62. The van der Waals surface area contributed by atoms with Crippen molar-refractivity contribution in [3.63, 3.8) is 0 Å². The predicted octanol–water partition coefficient (Wildman–Crippen LogP) is 3.79. The van der Waals surface area contributed by atoms with E-state index in [4.69, 9.17) is 25.9 Å². The molecule has 1 unspecified atom stereocenters. The van der Waals surface area contributed by atoms with E-state index in [1.807, 2.05) is 26.0 Å². The second kappa shape index (κ2) is 12.8. The van der Waals surface area contributed by atoms with Gasteiger partial charge in [-0.3, -0.25) is 9.79 Å². The number of hydrogen-bond acceptors (Lipinski definition) is 6. The number of aliphatic imine (C=N–C) groups is 1. The molecule has 0 bridgehead atoms. The first-order valence-corrected chi connectivity index (χ1v) is 10.8. The van der Waals surface area contributed by atoms with Crippen molar-refractivity contribution >= 4 is 47.5 Å². The zero-order valence-corrected chi connectivity index (χ0v) is 20.9. The first-order chi connectivity index (χ1) is 14.6. The van der Waals surface area contributed by atoms with Gasteiger partial charge in [-0.05, 0) is 51.0 Å². The van der Waals surface area contributed by atoms with Crippen molar-refractivity contribution in [1.82, 2.24) is 20.4 Å². The van der Waals surface area contributed by atoms with Gasteiger partial charge < -0.3 is 19.5 Å². The third kappa shape index (κ3) is 7.34. The van der Waals surface area contributed by atoms with Gasteiger partial charge in [0.05, 0.1) is 19.1 Å². The SMILES string of the molecule is CCNC(=NCCc1nc(-c2ccc(Cl)cc2)no1)N1CCCC(C(=O)OCC)C1.I. The molecule has 1 atom stereocenters. The summed E-state index contributed by atoms with van der Waals surface area (Å²) in [7, 11) is 0. The number of nitrogens with zero attached hydrogens (tertiary/aromatic N) is 4. The van der Waals surface area contributed by atoms with Crippen LogP contribution in [-0.4, -0.2) is 59.8 Å². The molecule has 1 saturated heterocycles. The van der Waals surface area contributed by atoms with Gasteiger partial charge in [0.15, 0.2) is 5.96 Å². The molecule has 2 aromatic rings. The first kappa shape index (κ1) is 25.4. The molecule has 0 saturated carbocycles. The van der Waals surface area contributed by atoms with Crippen LogP contribution in [0.5, 0.6) is 0 Å². The van der Waals surface area contributed by atoms with Crippen LogP contribution < -0.4 is 5.32 Å². The maximum atomic E-state index is 12.1. The Hall–Kier alpha value is -1.88. The minimum Gasteiger partial charge on any atom is -0.466 e. The minimum absolute atomic E-state index is 0. The fraction of sp³-hybridized carbons (Fsp3) is 0.524. The van der Waals surface area contributed by atoms with E-state index in [1.165, 1.54) is 0 Å². The van der Waals surface area contributed by atoms with E-state index in [0.29, 0.717) is 42.9 Å². The van der Waals surface area contributed by atoms with E-state index < -0.39 is 0 Å². The van der Waals surface area contributed by atoms with Gasteiger partial charge in [0.2, 0.25) is 11.7 Å². The lowest BCUT2D eigenvalue weighted by Gasteiger charge is -2.34. The highest BCUT2D eigenvalue weighted by atomic mass is 127. The van der Waals surface area contributed by atoms with Crippen LogP contribution in [0.1, 0.15) is 32.6 Å². The highest BCUT2D eigenvalue weighted by Gasteiger charge is 2.28. The zero-order chi connectivity index (χ0) is 21.3. The number of nitrogens with one attached hydrogen (secondary N) is 1. The topological polar surface area (TPSA) is 92.9 Å². The molecule has 10 heteroatoms. The van der Waals surface area contributed by atoms with Gasteiger partial charge in [-0.15, -0.1) is 24.0 Å². The predicted molar refractivity (Wildman–Crippen MR) is 131 cm³/mol. The van der Waals surface area contributed by atoms with Crippen LogP contribution in [0.25, 0.3) is 11.4 Å². The Bertz CT molecular complexity index is 859. The summed E-state index contributed by atoms with van der Waals surface area (Å²) >= 11 is 5.92. The highest BCUT2D eigenvalue weighted by molar-refractivity contribution is 14.0. The van der Waals surface area contributed by atoms with Crippen LogP contribution in [-0.2, 0) is 16.0 Å². The van der Waals surface area contributed by atoms with Crippen LogP contribution in [0.15, 0.2) is 33.8 Å². The summed E-state index contributed by atoms with van der Waals surface area (Å²) < 4.78 is 10.5. The summed E-state index contributed by atoms with van der Waals surface area (Å²) in [6.07, 6.45) is 2.32. The number of hydrogen-bond donors (Lipinski definition) is 1. The molecule has 0 aliphatic carbocycles. The second-order valence-electron chi connectivity index (χ2n) is 7.04. The quantitative estimate of drug-likeness (QED) is 0.238. The van der Waals surface area contributed by atoms with E-state index >= 15 is 0 Å². The number of halogens is 2. The van der Waals surface area contributed by atoms with Gasteiger partial charge in [0, 0.05) is 36.6 Å². The number of esters is 1. The molecule has 1 aliphatic rings. The van der Waals surface area contributed by atoms with E-state index in [-0.39, 0.29) is 35.9 Å². The largest absolute Gasteiger partial charge is 0.466 e. The Kier molecular flexibility index (Phi) is 10.5. The lowest BCUT2D eigenvalue weighted by Crippen LogP contribution is -2.48. The van der Waals surface area contributed by atoms with E-state index in [1.54, 1.807) is 12.1 Å². The maximum Gasteiger partial charge on any atom is 0.310 e. The summed E-state index contributed by atoms with van der Waals surface area (Å²) in [5, 5.41) is 8.01. The van der Waals surface area contributed by atoms with Crippen molar-refractivity contribution in [3.05, 3.63) is 35.2 Å². The number of carbonyl (C=O) groups excluding carboxylic acids is 1. The second-order valence-corrected chi connectivity index (χ2v) is 7.48. The van der Waals surface area contributed by atoms with Crippen LogP contribution in [0.4, 0.5) is 0 Å². The number of benzene rings is 1. The molecule has 3 rings (SSSR count). The molecule has 170 valence electrons. The summed E-state index contributed by atoms with van der Waals surface area (Å²) in [6.45, 7) is 7.01. The van der Waals surface area contributed by atoms with Crippen LogP contribution >= 0.6 is 35.6 Å². The number of piperidine rings is 1. The van der Waals surface area contributed by atoms with Crippen molar-refractivity contribution in [3.8, 4) is 11.4 Å². The van der Waals surface area contributed by atoms with Gasteiger partial charge >= 0.3 is 5.97 Å². The van der Waals surface area contributed by atoms with Crippen LogP contribution in [0.3, 0.4) is 0 Å². The summed E-state index contributed by atoms with van der Waals surface area (Å²) in [6, 6.07) is 7.30. The molecule has 8 nitrogen and oxygen atoms in total. The molecule has 1 fully saturated rings. The lowest BCUT2D eigenvalue weighted by atomic mass is 9.98. The van der Waals surface area contributed by atoms with Crippen molar-refractivity contribution in [2.24, 2.45) is 10.9 Å². The van der Waals surface area contributed by atoms with Gasteiger partial charge in [0.1, 0.15) is 0 Å². The Morgan fingerprint density at radius 3 is 2.84 bits per heavy atom. The molecule has 31 heavy (non-hydrogen) atoms. The van der Waals surface area contributed by atoms with Crippen molar-refractivity contribution in [2.75, 3.05) is 32.8 Å². The number of aromatic nitrogens is 2. The van der Waals surface area contributed by atoms with E-state index in [2.05, 4.69) is 20.4 Å². The third-order valence-electron chi connectivity index (χ3n) is 4.83. The highest BCUT2D eigenvalue weighted by Crippen LogP contribution is 2.20. The molecule has 1 N–H and O–H groups in total. The number of guanidine groups is 1. The fourth-order valence-electron chi connectivity index (χ4n) is 3.38. The minimum atomic E-state index is -0.126. The summed E-state index contributed by atoms with van der Waals surface area (Å²) in [5.41, 5.74) is 0.851. The molecular weight excluding hydrogens is 533 g/mol. The molecule has 1 aliphatic heterocycles. The lowest BCUT2D eigenvalue weighted by molar-refractivity contribution is -0.149. The fourth-order valence-corrected chi connectivity index (χ4v) is 3.50. The normalized spacial score (nSPS) is 16.5.